The number of nitrogen functional groups attached to an aromatic ring is 1. The van der Waals surface area contributed by atoms with E-state index in [2.05, 4.69) is 10.2 Å². The van der Waals surface area contributed by atoms with E-state index in [9.17, 15) is 8.78 Å². The summed E-state index contributed by atoms with van der Waals surface area (Å²) < 4.78 is 25.9. The quantitative estimate of drug-likeness (QED) is 0.797. The molecule has 0 aliphatic carbocycles. The van der Waals surface area contributed by atoms with E-state index in [0.717, 1.165) is 0 Å². The van der Waals surface area contributed by atoms with Gasteiger partial charge in [0.1, 0.15) is 18.3 Å². The largest absolute Gasteiger partial charge is 0.382 e. The zero-order chi connectivity index (χ0) is 10.8. The van der Waals surface area contributed by atoms with Crippen molar-refractivity contribution in [1.82, 2.24) is 10.2 Å². The number of nitrogens with zero attached hydrogens (tertiary/aromatic N) is 1. The molecule has 0 aliphatic rings. The van der Waals surface area contributed by atoms with E-state index in [1.165, 1.54) is 18.2 Å². The Labute approximate surface area is 84.9 Å². The molecule has 0 unspecified atom stereocenters. The van der Waals surface area contributed by atoms with Crippen molar-refractivity contribution in [3.63, 3.8) is 0 Å². The number of aromatic amines is 1. The standard InChI is InChI=1S/C10H9F2N3/c11-5-7-6(2-1-3-8(7)12)9-4-10(13)15-14-9/h1-4H,5H2,(H3,13,14,15). The average molecular weight is 209 g/mol. The van der Waals surface area contributed by atoms with Gasteiger partial charge in [-0.25, -0.2) is 8.78 Å². The third kappa shape index (κ3) is 1.68. The fourth-order valence-electron chi connectivity index (χ4n) is 1.42. The molecule has 78 valence electrons. The number of aromatic nitrogens is 2. The minimum atomic E-state index is -0.860. The molecule has 3 nitrogen and oxygen atoms in total. The molecule has 0 fully saturated rings. The first kappa shape index (κ1) is 9.64. The Morgan fingerprint density at radius 1 is 1.40 bits per heavy atom. The van der Waals surface area contributed by atoms with Crippen LogP contribution in [0.15, 0.2) is 24.3 Å². The maximum Gasteiger partial charge on any atom is 0.145 e. The van der Waals surface area contributed by atoms with Crippen LogP contribution in [-0.4, -0.2) is 10.2 Å². The van der Waals surface area contributed by atoms with E-state index >= 15 is 0 Å². The molecule has 0 aliphatic heterocycles. The number of benzene rings is 1. The molecule has 0 saturated carbocycles. The second kappa shape index (κ2) is 3.68. The van der Waals surface area contributed by atoms with Crippen LogP contribution in [0.2, 0.25) is 0 Å². The summed E-state index contributed by atoms with van der Waals surface area (Å²) in [6.45, 7) is -0.860. The summed E-state index contributed by atoms with van der Waals surface area (Å²) in [7, 11) is 0. The molecule has 0 amide bonds. The van der Waals surface area contributed by atoms with Crippen molar-refractivity contribution in [1.29, 1.82) is 0 Å². The van der Waals surface area contributed by atoms with Crippen molar-refractivity contribution in [3.8, 4) is 11.3 Å². The average Bonchev–Trinajstić information content (AvgIpc) is 2.64. The molecule has 0 bridgehead atoms. The highest BCUT2D eigenvalue weighted by Gasteiger charge is 2.11. The van der Waals surface area contributed by atoms with E-state index in [4.69, 9.17) is 5.73 Å². The van der Waals surface area contributed by atoms with Gasteiger partial charge in [-0.2, -0.15) is 5.10 Å². The smallest absolute Gasteiger partial charge is 0.145 e. The Balaban J connectivity index is 2.57. The maximum atomic E-state index is 13.2. The van der Waals surface area contributed by atoms with E-state index in [1.54, 1.807) is 6.07 Å². The molecule has 3 N–H and O–H groups in total. The molecule has 1 aromatic carbocycles. The molecular weight excluding hydrogens is 200 g/mol. The Bertz CT molecular complexity index is 479. The van der Waals surface area contributed by atoms with Gasteiger partial charge < -0.3 is 5.73 Å². The molecule has 0 radical (unpaired) electrons. The number of rotatable bonds is 2. The number of nitrogens with two attached hydrogens (primary N) is 1. The Hall–Kier alpha value is -1.91. The van der Waals surface area contributed by atoms with Crippen LogP contribution >= 0.6 is 0 Å². The van der Waals surface area contributed by atoms with Crippen LogP contribution in [0.3, 0.4) is 0 Å². The van der Waals surface area contributed by atoms with Gasteiger partial charge in [0.05, 0.1) is 5.69 Å². The first-order valence-electron chi connectivity index (χ1n) is 4.37. The summed E-state index contributed by atoms with van der Waals surface area (Å²) in [5.41, 5.74) is 6.39. The molecule has 0 atom stereocenters. The highest BCUT2D eigenvalue weighted by Crippen LogP contribution is 2.25. The number of anilines is 1. The molecule has 15 heavy (non-hydrogen) atoms. The summed E-state index contributed by atoms with van der Waals surface area (Å²) in [5, 5.41) is 6.32. The molecule has 2 rings (SSSR count). The minimum absolute atomic E-state index is 0.0150. The van der Waals surface area contributed by atoms with Crippen LogP contribution in [0.1, 0.15) is 5.56 Å². The minimum Gasteiger partial charge on any atom is -0.382 e. The van der Waals surface area contributed by atoms with Crippen molar-refractivity contribution < 1.29 is 8.78 Å². The highest BCUT2D eigenvalue weighted by atomic mass is 19.1. The topological polar surface area (TPSA) is 54.7 Å². The molecule has 2 aromatic rings. The van der Waals surface area contributed by atoms with Crippen LogP contribution in [0, 0.1) is 5.82 Å². The van der Waals surface area contributed by atoms with Crippen molar-refractivity contribution in [2.24, 2.45) is 0 Å². The second-order valence-electron chi connectivity index (χ2n) is 3.11. The summed E-state index contributed by atoms with van der Waals surface area (Å²) >= 11 is 0. The number of hydrogen-bond acceptors (Lipinski definition) is 2. The van der Waals surface area contributed by atoms with Gasteiger partial charge in [-0.1, -0.05) is 12.1 Å². The van der Waals surface area contributed by atoms with E-state index in [1.807, 2.05) is 0 Å². The SMILES string of the molecule is Nc1cc(-c2cccc(F)c2CF)[nH]n1. The predicted molar refractivity (Wildman–Crippen MR) is 53.2 cm³/mol. The molecular formula is C10H9F2N3. The summed E-state index contributed by atoms with van der Waals surface area (Å²) in [6, 6.07) is 5.89. The summed E-state index contributed by atoms with van der Waals surface area (Å²) in [6.07, 6.45) is 0. The van der Waals surface area contributed by atoms with Crippen LogP contribution in [0.4, 0.5) is 14.6 Å². The lowest BCUT2D eigenvalue weighted by atomic mass is 10.1. The van der Waals surface area contributed by atoms with Crippen LogP contribution in [-0.2, 0) is 6.67 Å². The van der Waals surface area contributed by atoms with Crippen molar-refractivity contribution in [2.45, 2.75) is 6.67 Å². The Morgan fingerprint density at radius 2 is 2.20 bits per heavy atom. The highest BCUT2D eigenvalue weighted by molar-refractivity contribution is 5.65. The van der Waals surface area contributed by atoms with Gasteiger partial charge >= 0.3 is 0 Å². The number of alkyl halides is 1. The van der Waals surface area contributed by atoms with E-state index in [-0.39, 0.29) is 5.56 Å². The monoisotopic (exact) mass is 209 g/mol. The number of H-pyrrole nitrogens is 1. The third-order valence-corrected chi connectivity index (χ3v) is 2.14. The zero-order valence-electron chi connectivity index (χ0n) is 7.80. The number of hydrogen-bond donors (Lipinski definition) is 2. The second-order valence-corrected chi connectivity index (χ2v) is 3.11. The lowest BCUT2D eigenvalue weighted by molar-refractivity contribution is 0.465. The van der Waals surface area contributed by atoms with Gasteiger partial charge in [0.25, 0.3) is 0 Å². The van der Waals surface area contributed by atoms with Gasteiger partial charge in [0.15, 0.2) is 0 Å². The van der Waals surface area contributed by atoms with Gasteiger partial charge in [-0.15, -0.1) is 0 Å². The fourth-order valence-corrected chi connectivity index (χ4v) is 1.42. The van der Waals surface area contributed by atoms with Crippen LogP contribution in [0.5, 0.6) is 0 Å². The lowest BCUT2D eigenvalue weighted by Gasteiger charge is -2.04. The Kier molecular flexibility index (Phi) is 2.37. The fraction of sp³-hybridized carbons (Fsp3) is 0.100. The summed E-state index contributed by atoms with van der Waals surface area (Å²) in [5.74, 6) is -0.276. The van der Waals surface area contributed by atoms with Gasteiger partial charge in [0.2, 0.25) is 0 Å². The molecule has 0 spiro atoms. The van der Waals surface area contributed by atoms with Crippen molar-refractivity contribution >= 4 is 5.82 Å². The Morgan fingerprint density at radius 3 is 2.80 bits per heavy atom. The third-order valence-electron chi connectivity index (χ3n) is 2.14. The lowest BCUT2D eigenvalue weighted by Crippen LogP contribution is -1.91. The molecule has 5 heteroatoms. The van der Waals surface area contributed by atoms with Crippen LogP contribution in [0.25, 0.3) is 11.3 Å². The van der Waals surface area contributed by atoms with E-state index < -0.39 is 12.5 Å². The first-order valence-corrected chi connectivity index (χ1v) is 4.37. The van der Waals surface area contributed by atoms with Crippen molar-refractivity contribution in [2.75, 3.05) is 5.73 Å². The first-order chi connectivity index (χ1) is 7.22. The van der Waals surface area contributed by atoms with Crippen molar-refractivity contribution in [3.05, 3.63) is 35.6 Å². The van der Waals surface area contributed by atoms with Crippen LogP contribution < -0.4 is 5.73 Å². The summed E-state index contributed by atoms with van der Waals surface area (Å²) in [4.78, 5) is 0. The van der Waals surface area contributed by atoms with Gasteiger partial charge in [-0.05, 0) is 6.07 Å². The maximum absolute atomic E-state index is 13.2. The van der Waals surface area contributed by atoms with Gasteiger partial charge in [-0.3, -0.25) is 5.10 Å². The zero-order valence-corrected chi connectivity index (χ0v) is 7.80. The number of halogens is 2. The number of nitrogens with one attached hydrogen (secondary N) is 1. The predicted octanol–water partition coefficient (Wildman–Crippen LogP) is 2.27. The normalized spacial score (nSPS) is 10.5. The molecule has 0 saturated heterocycles. The molecule has 1 heterocycles. The molecule has 1 aromatic heterocycles. The van der Waals surface area contributed by atoms with E-state index in [0.29, 0.717) is 17.1 Å². The van der Waals surface area contributed by atoms with Gasteiger partial charge in [0, 0.05) is 17.2 Å².